The van der Waals surface area contributed by atoms with Crippen molar-refractivity contribution in [2.45, 2.75) is 42.7 Å². The second-order valence-electron chi connectivity index (χ2n) is 7.33. The van der Waals surface area contributed by atoms with Crippen molar-refractivity contribution in [2.24, 2.45) is 5.92 Å². The molecule has 0 unspecified atom stereocenters. The van der Waals surface area contributed by atoms with Gasteiger partial charge in [-0.3, -0.25) is 14.5 Å². The third kappa shape index (κ3) is 4.62. The van der Waals surface area contributed by atoms with E-state index < -0.39 is 21.7 Å². The second kappa shape index (κ2) is 7.36. The van der Waals surface area contributed by atoms with E-state index in [-0.39, 0.29) is 29.1 Å². The zero-order valence-electron chi connectivity index (χ0n) is 14.7. The fourth-order valence-electron chi connectivity index (χ4n) is 3.39. The van der Waals surface area contributed by atoms with Crippen molar-refractivity contribution in [2.75, 3.05) is 19.3 Å². The lowest BCUT2D eigenvalue weighted by atomic mass is 9.85. The Kier molecular flexibility index (Phi) is 5.34. The highest BCUT2D eigenvalue weighted by Gasteiger charge is 2.38. The Bertz CT molecular complexity index is 798. The number of rotatable bonds is 8. The number of hydrogen-bond acceptors (Lipinski definition) is 5. The van der Waals surface area contributed by atoms with Gasteiger partial charge in [-0.05, 0) is 43.7 Å². The van der Waals surface area contributed by atoms with Crippen molar-refractivity contribution >= 4 is 21.7 Å². The first-order valence-corrected chi connectivity index (χ1v) is 10.7. The van der Waals surface area contributed by atoms with Crippen LogP contribution in [-0.4, -0.2) is 61.7 Å². The molecule has 0 spiro atoms. The van der Waals surface area contributed by atoms with Crippen LogP contribution in [0.3, 0.4) is 0 Å². The number of benzene rings is 1. The Balaban J connectivity index is 1.58. The summed E-state index contributed by atoms with van der Waals surface area (Å²) >= 11 is 0. The maximum atomic E-state index is 12.5. The minimum atomic E-state index is -3.48. The molecule has 0 heterocycles. The summed E-state index contributed by atoms with van der Waals surface area (Å²) in [5, 5.41) is 12.0. The van der Waals surface area contributed by atoms with Crippen LogP contribution < -0.4 is 5.32 Å². The van der Waals surface area contributed by atoms with E-state index in [0.717, 1.165) is 25.6 Å². The predicted octanol–water partition coefficient (Wildman–Crippen LogP) is 1.15. The van der Waals surface area contributed by atoms with E-state index in [1.165, 1.54) is 12.1 Å². The zero-order valence-corrected chi connectivity index (χ0v) is 15.5. The van der Waals surface area contributed by atoms with Crippen molar-refractivity contribution in [3.05, 3.63) is 29.8 Å². The molecule has 0 saturated heterocycles. The van der Waals surface area contributed by atoms with E-state index in [0.29, 0.717) is 18.8 Å². The highest BCUT2D eigenvalue weighted by molar-refractivity contribution is 7.90. The van der Waals surface area contributed by atoms with Gasteiger partial charge >= 0.3 is 5.97 Å². The van der Waals surface area contributed by atoms with Gasteiger partial charge in [-0.2, -0.15) is 0 Å². The van der Waals surface area contributed by atoms with Crippen LogP contribution in [0, 0.1) is 5.92 Å². The van der Waals surface area contributed by atoms with Gasteiger partial charge in [-0.15, -0.1) is 0 Å². The molecule has 1 amide bonds. The van der Waals surface area contributed by atoms with Gasteiger partial charge in [0.15, 0.2) is 9.84 Å². The second-order valence-corrected chi connectivity index (χ2v) is 9.31. The molecule has 1 aromatic rings. The topological polar surface area (TPSA) is 104 Å². The van der Waals surface area contributed by atoms with Crippen molar-refractivity contribution in [1.29, 1.82) is 0 Å². The number of nitrogens with zero attached hydrogens (tertiary/aromatic N) is 1. The molecule has 2 aliphatic rings. The van der Waals surface area contributed by atoms with Gasteiger partial charge in [0.2, 0.25) is 0 Å². The SMILES string of the molecule is CS(=O)(=O)c1ccccc1C(=O)NC1CC(N(CC(=O)O)CC2CC2)C1. The normalized spacial score (nSPS) is 22.7. The highest BCUT2D eigenvalue weighted by Crippen LogP contribution is 2.34. The van der Waals surface area contributed by atoms with Gasteiger partial charge in [-0.1, -0.05) is 12.1 Å². The molecule has 7 nitrogen and oxygen atoms in total. The number of carbonyl (C=O) groups is 2. The summed E-state index contributed by atoms with van der Waals surface area (Å²) in [4.78, 5) is 25.6. The van der Waals surface area contributed by atoms with E-state index >= 15 is 0 Å². The van der Waals surface area contributed by atoms with Crippen LogP contribution >= 0.6 is 0 Å². The molecule has 1 aromatic carbocycles. The van der Waals surface area contributed by atoms with Crippen molar-refractivity contribution in [3.63, 3.8) is 0 Å². The molecule has 0 atom stereocenters. The molecule has 142 valence electrons. The quantitative estimate of drug-likeness (QED) is 0.701. The van der Waals surface area contributed by atoms with Crippen LogP contribution in [0.25, 0.3) is 0 Å². The van der Waals surface area contributed by atoms with Crippen LogP contribution in [0.2, 0.25) is 0 Å². The molecule has 0 bridgehead atoms. The summed E-state index contributed by atoms with van der Waals surface area (Å²) in [7, 11) is -3.48. The van der Waals surface area contributed by atoms with Crippen LogP contribution in [-0.2, 0) is 14.6 Å². The molecule has 0 aliphatic heterocycles. The lowest BCUT2D eigenvalue weighted by Gasteiger charge is -2.42. The summed E-state index contributed by atoms with van der Waals surface area (Å²) in [6, 6.07) is 6.26. The highest BCUT2D eigenvalue weighted by atomic mass is 32.2. The Morgan fingerprint density at radius 2 is 1.88 bits per heavy atom. The lowest BCUT2D eigenvalue weighted by Crippen LogP contribution is -2.55. The van der Waals surface area contributed by atoms with Gasteiger partial charge in [0.05, 0.1) is 17.0 Å². The predicted molar refractivity (Wildman–Crippen MR) is 95.8 cm³/mol. The molecule has 2 aliphatic carbocycles. The summed E-state index contributed by atoms with van der Waals surface area (Å²) in [5.74, 6) is -0.633. The standard InChI is InChI=1S/C18H24N2O5S/c1-26(24,25)16-5-3-2-4-15(16)18(23)19-13-8-14(9-13)20(11-17(21)22)10-12-6-7-12/h2-5,12-14H,6-11H2,1H3,(H,19,23)(H,21,22). The number of amides is 1. The Morgan fingerprint density at radius 3 is 2.46 bits per heavy atom. The summed E-state index contributed by atoms with van der Waals surface area (Å²) in [5.41, 5.74) is 0.152. The number of carboxylic acid groups (broad SMARTS) is 1. The fraction of sp³-hybridized carbons (Fsp3) is 0.556. The van der Waals surface area contributed by atoms with Crippen LogP contribution in [0.5, 0.6) is 0 Å². The Labute approximate surface area is 153 Å². The third-order valence-electron chi connectivity index (χ3n) is 5.02. The van der Waals surface area contributed by atoms with E-state index in [4.69, 9.17) is 5.11 Å². The minimum absolute atomic E-state index is 0.0228. The van der Waals surface area contributed by atoms with Gasteiger partial charge in [0.25, 0.3) is 5.91 Å². The van der Waals surface area contributed by atoms with Crippen molar-refractivity contribution in [3.8, 4) is 0 Å². The number of sulfone groups is 1. The third-order valence-corrected chi connectivity index (χ3v) is 6.18. The van der Waals surface area contributed by atoms with E-state index in [1.54, 1.807) is 12.1 Å². The molecular formula is C18H24N2O5S. The average molecular weight is 380 g/mol. The minimum Gasteiger partial charge on any atom is -0.480 e. The molecule has 2 N–H and O–H groups in total. The smallest absolute Gasteiger partial charge is 0.317 e. The van der Waals surface area contributed by atoms with Crippen LogP contribution in [0.15, 0.2) is 29.2 Å². The number of aliphatic carboxylic acids is 1. The molecular weight excluding hydrogens is 356 g/mol. The summed E-state index contributed by atoms with van der Waals surface area (Å²) in [6.07, 6.45) is 4.77. The monoisotopic (exact) mass is 380 g/mol. The van der Waals surface area contributed by atoms with Crippen molar-refractivity contribution < 1.29 is 23.1 Å². The molecule has 2 saturated carbocycles. The Morgan fingerprint density at radius 1 is 1.23 bits per heavy atom. The number of carboxylic acids is 1. The first-order valence-electron chi connectivity index (χ1n) is 8.80. The number of carbonyl (C=O) groups excluding carboxylic acids is 1. The first kappa shape index (κ1) is 18.8. The molecule has 0 aromatic heterocycles. The van der Waals surface area contributed by atoms with E-state index in [2.05, 4.69) is 5.32 Å². The first-order chi connectivity index (χ1) is 12.2. The van der Waals surface area contributed by atoms with Gasteiger partial charge in [0, 0.05) is 24.9 Å². The van der Waals surface area contributed by atoms with E-state index in [1.807, 2.05) is 4.90 Å². The van der Waals surface area contributed by atoms with Crippen LogP contribution in [0.1, 0.15) is 36.0 Å². The Hall–Kier alpha value is -1.93. The van der Waals surface area contributed by atoms with Crippen LogP contribution in [0.4, 0.5) is 0 Å². The fourth-order valence-corrected chi connectivity index (χ4v) is 4.28. The summed E-state index contributed by atoms with van der Waals surface area (Å²) in [6.45, 7) is 0.827. The number of hydrogen-bond donors (Lipinski definition) is 2. The average Bonchev–Trinajstić information content (AvgIpc) is 3.32. The van der Waals surface area contributed by atoms with Gasteiger partial charge in [-0.25, -0.2) is 8.42 Å². The van der Waals surface area contributed by atoms with Gasteiger partial charge in [0.1, 0.15) is 0 Å². The maximum absolute atomic E-state index is 12.5. The number of nitrogens with one attached hydrogen (secondary N) is 1. The van der Waals surface area contributed by atoms with Gasteiger partial charge < -0.3 is 10.4 Å². The van der Waals surface area contributed by atoms with E-state index in [9.17, 15) is 18.0 Å². The largest absolute Gasteiger partial charge is 0.480 e. The van der Waals surface area contributed by atoms with Crippen molar-refractivity contribution in [1.82, 2.24) is 10.2 Å². The molecule has 8 heteroatoms. The molecule has 26 heavy (non-hydrogen) atoms. The molecule has 2 fully saturated rings. The maximum Gasteiger partial charge on any atom is 0.317 e. The molecule has 3 rings (SSSR count). The summed E-state index contributed by atoms with van der Waals surface area (Å²) < 4.78 is 23.7. The zero-order chi connectivity index (χ0) is 18.9. The molecule has 0 radical (unpaired) electrons. The lowest BCUT2D eigenvalue weighted by molar-refractivity contribution is -0.139.